The number of carbonyl (C=O) groups excluding carboxylic acids is 1. The summed E-state index contributed by atoms with van der Waals surface area (Å²) in [6, 6.07) is 7.82. The minimum Gasteiger partial charge on any atom is -0.393 e. The number of aryl methyl sites for hydroxylation is 1. The standard InChI is InChI=1S/C32H37N7O2S/c1-32(10-11-32)23-3-5-26-22(16-23)17-28-30(37-26)42-31(38-28)29(41)36-27(9-15-39-13-7-24(40)8-14-39)20-2-4-25(33-18-20)21-6-12-34-35-19-21/h2,4,6,12,17-19,23-24,27,40H,3,5,7-11,13-16H2,1H3,(H,36,41)/t23?,27-/m1/s1. The number of nitrogens with zero attached hydrogens (tertiary/aromatic N) is 6. The van der Waals surface area contributed by atoms with Crippen LogP contribution in [0.5, 0.6) is 0 Å². The van der Waals surface area contributed by atoms with Crippen molar-refractivity contribution >= 4 is 27.6 Å². The van der Waals surface area contributed by atoms with Gasteiger partial charge in [-0.05, 0) is 92.0 Å². The number of likely N-dealkylation sites (tertiary alicyclic amines) is 1. The van der Waals surface area contributed by atoms with Gasteiger partial charge in [0.15, 0.2) is 5.01 Å². The van der Waals surface area contributed by atoms with Gasteiger partial charge in [-0.1, -0.05) is 24.3 Å². The lowest BCUT2D eigenvalue weighted by Crippen LogP contribution is -2.38. The van der Waals surface area contributed by atoms with Crippen LogP contribution < -0.4 is 5.32 Å². The Hall–Kier alpha value is -3.34. The van der Waals surface area contributed by atoms with Gasteiger partial charge in [-0.25, -0.2) is 9.97 Å². The van der Waals surface area contributed by atoms with Crippen LogP contribution in [0.4, 0.5) is 0 Å². The molecule has 10 heteroatoms. The van der Waals surface area contributed by atoms with Crippen LogP contribution in [-0.2, 0) is 12.8 Å². The molecule has 0 radical (unpaired) electrons. The predicted molar refractivity (Wildman–Crippen MR) is 162 cm³/mol. The average molecular weight is 584 g/mol. The predicted octanol–water partition coefficient (Wildman–Crippen LogP) is 4.77. The fourth-order valence-corrected chi connectivity index (χ4v) is 7.37. The first-order chi connectivity index (χ1) is 20.4. The van der Waals surface area contributed by atoms with E-state index in [4.69, 9.17) is 9.97 Å². The van der Waals surface area contributed by atoms with Gasteiger partial charge in [0.2, 0.25) is 0 Å². The highest BCUT2D eigenvalue weighted by molar-refractivity contribution is 7.19. The molecule has 5 heterocycles. The van der Waals surface area contributed by atoms with E-state index in [0.29, 0.717) is 10.4 Å². The summed E-state index contributed by atoms with van der Waals surface area (Å²) in [5.41, 5.74) is 6.47. The van der Waals surface area contributed by atoms with Crippen LogP contribution >= 0.6 is 11.3 Å². The summed E-state index contributed by atoms with van der Waals surface area (Å²) in [5, 5.41) is 21.4. The van der Waals surface area contributed by atoms with Crippen molar-refractivity contribution in [2.75, 3.05) is 19.6 Å². The largest absolute Gasteiger partial charge is 0.393 e. The van der Waals surface area contributed by atoms with E-state index in [-0.39, 0.29) is 18.1 Å². The minimum absolute atomic E-state index is 0.180. The van der Waals surface area contributed by atoms with Crippen LogP contribution in [0.1, 0.15) is 78.1 Å². The van der Waals surface area contributed by atoms with Crippen molar-refractivity contribution in [1.82, 2.24) is 35.4 Å². The molecule has 0 aromatic carbocycles. The highest BCUT2D eigenvalue weighted by Crippen LogP contribution is 2.55. The smallest absolute Gasteiger partial charge is 0.280 e. The first-order valence-electron chi connectivity index (χ1n) is 15.2. The third kappa shape index (κ3) is 5.80. The van der Waals surface area contributed by atoms with Gasteiger partial charge < -0.3 is 15.3 Å². The summed E-state index contributed by atoms with van der Waals surface area (Å²) < 4.78 is 0. The van der Waals surface area contributed by atoms with E-state index in [1.165, 1.54) is 41.9 Å². The molecule has 1 aliphatic heterocycles. The third-order valence-electron chi connectivity index (χ3n) is 9.63. The lowest BCUT2D eigenvalue weighted by atomic mass is 9.77. The molecule has 1 saturated heterocycles. The molecule has 0 bridgehead atoms. The maximum atomic E-state index is 13.6. The van der Waals surface area contributed by atoms with Crippen LogP contribution in [0.3, 0.4) is 0 Å². The molecule has 4 aromatic rings. The first kappa shape index (κ1) is 27.5. The maximum Gasteiger partial charge on any atom is 0.280 e. The van der Waals surface area contributed by atoms with Crippen molar-refractivity contribution < 1.29 is 9.90 Å². The van der Waals surface area contributed by atoms with Crippen LogP contribution in [-0.4, -0.2) is 66.8 Å². The molecule has 7 rings (SSSR count). The number of aromatic nitrogens is 5. The van der Waals surface area contributed by atoms with E-state index in [1.54, 1.807) is 12.4 Å². The zero-order chi connectivity index (χ0) is 28.7. The number of piperidine rings is 1. The quantitative estimate of drug-likeness (QED) is 0.305. The van der Waals surface area contributed by atoms with Gasteiger partial charge in [0.1, 0.15) is 10.3 Å². The number of aliphatic hydroxyl groups is 1. The molecular weight excluding hydrogens is 546 g/mol. The summed E-state index contributed by atoms with van der Waals surface area (Å²) in [5.74, 6) is 0.546. The maximum absolute atomic E-state index is 13.6. The summed E-state index contributed by atoms with van der Waals surface area (Å²) in [6.45, 7) is 4.97. The Kier molecular flexibility index (Phi) is 7.46. The second-order valence-electron chi connectivity index (χ2n) is 12.5. The number of pyridine rings is 2. The van der Waals surface area contributed by atoms with E-state index in [0.717, 1.165) is 84.8 Å². The molecule has 42 heavy (non-hydrogen) atoms. The molecule has 1 unspecified atom stereocenters. The van der Waals surface area contributed by atoms with Gasteiger partial charge in [0.05, 0.1) is 30.2 Å². The first-order valence-corrected chi connectivity index (χ1v) is 16.0. The number of hydrogen-bond acceptors (Lipinski definition) is 9. The van der Waals surface area contributed by atoms with E-state index < -0.39 is 0 Å². The Balaban J connectivity index is 1.10. The van der Waals surface area contributed by atoms with Crippen molar-refractivity contribution in [2.45, 2.75) is 70.4 Å². The Labute approximate surface area is 249 Å². The average Bonchev–Trinajstić information content (AvgIpc) is 3.64. The van der Waals surface area contributed by atoms with Gasteiger partial charge in [-0.3, -0.25) is 9.78 Å². The second kappa shape index (κ2) is 11.4. The molecule has 3 aliphatic rings. The fraction of sp³-hybridized carbons (Fsp3) is 0.500. The molecule has 4 aromatic heterocycles. The minimum atomic E-state index is -0.227. The van der Waals surface area contributed by atoms with Crippen molar-refractivity contribution in [3.05, 3.63) is 64.7 Å². The van der Waals surface area contributed by atoms with Crippen LogP contribution in [0, 0.1) is 11.3 Å². The number of nitrogens with one attached hydrogen (secondary N) is 1. The second-order valence-corrected chi connectivity index (χ2v) is 13.5. The molecule has 1 saturated carbocycles. The SMILES string of the molecule is CC1(C2CCc3nc4sc(C(=O)N[C@H](CCN5CCC(O)CC5)c5ccc(-c6ccnnc6)nc5)nc4cc3C2)CC1. The number of hydrogen-bond donors (Lipinski definition) is 2. The van der Waals surface area contributed by atoms with E-state index >= 15 is 0 Å². The summed E-state index contributed by atoms with van der Waals surface area (Å²) >= 11 is 1.38. The molecule has 1 amide bonds. The number of rotatable bonds is 8. The van der Waals surface area contributed by atoms with Crippen LogP contribution in [0.25, 0.3) is 21.6 Å². The molecule has 0 spiro atoms. The number of thiazole rings is 1. The molecule has 9 nitrogen and oxygen atoms in total. The third-order valence-corrected chi connectivity index (χ3v) is 10.6. The fourth-order valence-electron chi connectivity index (χ4n) is 6.53. The molecule has 2 atom stereocenters. The summed E-state index contributed by atoms with van der Waals surface area (Å²) in [6.07, 6.45) is 13.2. The van der Waals surface area contributed by atoms with Gasteiger partial charge in [0.25, 0.3) is 5.91 Å². The summed E-state index contributed by atoms with van der Waals surface area (Å²) in [7, 11) is 0. The van der Waals surface area contributed by atoms with Crippen molar-refractivity contribution in [1.29, 1.82) is 0 Å². The van der Waals surface area contributed by atoms with E-state index in [2.05, 4.69) is 38.4 Å². The Morgan fingerprint density at radius 2 is 2.00 bits per heavy atom. The Morgan fingerprint density at radius 3 is 2.74 bits per heavy atom. The zero-order valence-corrected chi connectivity index (χ0v) is 24.8. The van der Waals surface area contributed by atoms with Gasteiger partial charge in [0, 0.05) is 37.1 Å². The van der Waals surface area contributed by atoms with Gasteiger partial charge in [-0.15, -0.1) is 0 Å². The van der Waals surface area contributed by atoms with Gasteiger partial charge in [-0.2, -0.15) is 10.2 Å². The van der Waals surface area contributed by atoms with Crippen molar-refractivity contribution in [2.24, 2.45) is 11.3 Å². The molecule has 2 aliphatic carbocycles. The molecular formula is C32H37N7O2S. The monoisotopic (exact) mass is 583 g/mol. The zero-order valence-electron chi connectivity index (χ0n) is 24.0. The van der Waals surface area contributed by atoms with Crippen molar-refractivity contribution in [3.63, 3.8) is 0 Å². The number of amides is 1. The molecule has 2 fully saturated rings. The number of carbonyl (C=O) groups is 1. The van der Waals surface area contributed by atoms with Crippen LogP contribution in [0.2, 0.25) is 0 Å². The highest BCUT2D eigenvalue weighted by atomic mass is 32.1. The lowest BCUT2D eigenvalue weighted by Gasteiger charge is -2.31. The van der Waals surface area contributed by atoms with E-state index in [9.17, 15) is 9.90 Å². The normalized spacial score (nSPS) is 21.1. The topological polar surface area (TPSA) is 117 Å². The lowest BCUT2D eigenvalue weighted by molar-refractivity contribution is 0.0795. The summed E-state index contributed by atoms with van der Waals surface area (Å²) in [4.78, 5) is 31.2. The van der Waals surface area contributed by atoms with Crippen LogP contribution in [0.15, 0.2) is 42.9 Å². The van der Waals surface area contributed by atoms with E-state index in [1.807, 2.05) is 24.4 Å². The van der Waals surface area contributed by atoms with Crippen molar-refractivity contribution in [3.8, 4) is 11.3 Å². The number of aliphatic hydroxyl groups excluding tert-OH is 1. The molecule has 2 N–H and O–H groups in total. The Morgan fingerprint density at radius 1 is 1.14 bits per heavy atom. The number of fused-ring (bicyclic) bond motifs is 2. The Bertz CT molecular complexity index is 1560. The highest BCUT2D eigenvalue weighted by Gasteiger charge is 2.45. The molecule has 218 valence electrons. The van der Waals surface area contributed by atoms with Gasteiger partial charge >= 0.3 is 0 Å².